The number of benzene rings is 2. The van der Waals surface area contributed by atoms with Gasteiger partial charge in [0, 0.05) is 11.3 Å². The van der Waals surface area contributed by atoms with Gasteiger partial charge in [-0.05, 0) is 46.7 Å². The molecule has 0 atom stereocenters. The molecule has 2 aromatic carbocycles. The SMILES string of the molecule is Cl.NCC(=O)Nc1nonc1-c1nc2ccccc2n1CC(=O)c1ccc(N)cc1. The van der Waals surface area contributed by atoms with E-state index in [0.29, 0.717) is 22.6 Å². The van der Waals surface area contributed by atoms with Crippen LogP contribution in [-0.4, -0.2) is 38.1 Å². The summed E-state index contributed by atoms with van der Waals surface area (Å²) in [6, 6.07) is 14.0. The molecule has 0 aliphatic rings. The highest BCUT2D eigenvalue weighted by molar-refractivity contribution is 5.98. The number of para-hydroxylation sites is 2. The van der Waals surface area contributed by atoms with Gasteiger partial charge in [0.2, 0.25) is 11.7 Å². The summed E-state index contributed by atoms with van der Waals surface area (Å²) in [4.78, 5) is 29.1. The van der Waals surface area contributed by atoms with E-state index >= 15 is 0 Å². The average molecular weight is 428 g/mol. The quantitative estimate of drug-likeness (QED) is 0.311. The van der Waals surface area contributed by atoms with E-state index in [4.69, 9.17) is 16.1 Å². The molecule has 0 radical (unpaired) electrons. The number of fused-ring (bicyclic) bond motifs is 1. The van der Waals surface area contributed by atoms with E-state index in [1.165, 1.54) is 0 Å². The Bertz CT molecular complexity index is 1200. The number of carbonyl (C=O) groups is 2. The minimum Gasteiger partial charge on any atom is -0.399 e. The van der Waals surface area contributed by atoms with Crippen molar-refractivity contribution in [2.75, 3.05) is 17.6 Å². The van der Waals surface area contributed by atoms with Crippen molar-refractivity contribution >= 4 is 46.6 Å². The molecule has 30 heavy (non-hydrogen) atoms. The largest absolute Gasteiger partial charge is 0.399 e. The van der Waals surface area contributed by atoms with E-state index in [-0.39, 0.29) is 42.8 Å². The summed E-state index contributed by atoms with van der Waals surface area (Å²) in [6.07, 6.45) is 0. The molecule has 11 heteroatoms. The van der Waals surface area contributed by atoms with Gasteiger partial charge in [0.15, 0.2) is 17.3 Å². The number of aromatic nitrogens is 4. The Hall–Kier alpha value is -3.76. The van der Waals surface area contributed by atoms with E-state index in [0.717, 1.165) is 5.52 Å². The monoisotopic (exact) mass is 427 g/mol. The first-order valence-electron chi connectivity index (χ1n) is 8.73. The molecular weight excluding hydrogens is 410 g/mol. The Morgan fingerprint density at radius 2 is 1.80 bits per heavy atom. The second-order valence-corrected chi connectivity index (χ2v) is 6.27. The minimum atomic E-state index is -0.456. The van der Waals surface area contributed by atoms with Gasteiger partial charge in [0.1, 0.15) is 0 Å². The number of ketones is 1. The summed E-state index contributed by atoms with van der Waals surface area (Å²) in [7, 11) is 0. The number of nitrogens with two attached hydrogens (primary N) is 2. The van der Waals surface area contributed by atoms with Crippen LogP contribution in [0.5, 0.6) is 0 Å². The molecule has 4 aromatic rings. The van der Waals surface area contributed by atoms with E-state index in [1.807, 2.05) is 24.3 Å². The number of nitrogens with zero attached hydrogens (tertiary/aromatic N) is 4. The lowest BCUT2D eigenvalue weighted by Gasteiger charge is -2.08. The molecule has 2 aromatic heterocycles. The van der Waals surface area contributed by atoms with Crippen LogP contribution in [0.3, 0.4) is 0 Å². The fourth-order valence-electron chi connectivity index (χ4n) is 2.92. The maximum atomic E-state index is 12.9. The number of nitrogens with one attached hydrogen (secondary N) is 1. The molecule has 0 saturated heterocycles. The summed E-state index contributed by atoms with van der Waals surface area (Å²) >= 11 is 0. The Balaban J connectivity index is 0.00000256. The first kappa shape index (κ1) is 21.0. The second kappa shape index (κ2) is 8.72. The molecular formula is C19H18ClN7O3. The maximum absolute atomic E-state index is 12.9. The third kappa shape index (κ3) is 4.00. The van der Waals surface area contributed by atoms with Crippen LogP contribution in [0.2, 0.25) is 0 Å². The number of Topliss-reactive ketones (excluding diaryl/α,β-unsaturated/α-hetero) is 1. The summed E-state index contributed by atoms with van der Waals surface area (Å²) in [6.45, 7) is -0.227. The summed E-state index contributed by atoms with van der Waals surface area (Å²) in [5.41, 5.74) is 13.7. The van der Waals surface area contributed by atoms with Crippen LogP contribution in [0.1, 0.15) is 10.4 Å². The van der Waals surface area contributed by atoms with Crippen LogP contribution >= 0.6 is 12.4 Å². The lowest BCUT2D eigenvalue weighted by Crippen LogP contribution is -2.22. The zero-order chi connectivity index (χ0) is 20.4. The molecule has 154 valence electrons. The van der Waals surface area contributed by atoms with Crippen molar-refractivity contribution in [3.05, 3.63) is 54.1 Å². The first-order chi connectivity index (χ1) is 14.1. The molecule has 0 aliphatic carbocycles. The Morgan fingerprint density at radius 1 is 1.07 bits per heavy atom. The molecule has 0 saturated carbocycles. The smallest absolute Gasteiger partial charge is 0.239 e. The number of amides is 1. The van der Waals surface area contributed by atoms with Gasteiger partial charge in [-0.1, -0.05) is 12.1 Å². The van der Waals surface area contributed by atoms with Crippen LogP contribution in [-0.2, 0) is 11.3 Å². The lowest BCUT2D eigenvalue weighted by atomic mass is 10.1. The zero-order valence-electron chi connectivity index (χ0n) is 15.6. The predicted molar refractivity (Wildman–Crippen MR) is 113 cm³/mol. The number of rotatable bonds is 6. The fraction of sp³-hybridized carbons (Fsp3) is 0.105. The first-order valence-corrected chi connectivity index (χ1v) is 8.73. The number of carbonyl (C=O) groups excluding carboxylic acids is 2. The van der Waals surface area contributed by atoms with E-state index in [1.54, 1.807) is 28.8 Å². The topological polar surface area (TPSA) is 155 Å². The standard InChI is InChI=1S/C19H17N7O3.ClH/c20-9-16(28)23-18-17(24-29-25-18)19-22-13-3-1-2-4-14(13)26(19)10-15(27)11-5-7-12(21)8-6-11;/h1-8H,9-10,20-21H2,(H,23,25,28);1H. The van der Waals surface area contributed by atoms with E-state index in [2.05, 4.69) is 20.6 Å². The van der Waals surface area contributed by atoms with Crippen molar-refractivity contribution in [2.24, 2.45) is 5.73 Å². The Morgan fingerprint density at radius 3 is 2.53 bits per heavy atom. The molecule has 5 N–H and O–H groups in total. The minimum absolute atomic E-state index is 0. The highest BCUT2D eigenvalue weighted by atomic mass is 35.5. The van der Waals surface area contributed by atoms with Gasteiger partial charge < -0.3 is 21.4 Å². The maximum Gasteiger partial charge on any atom is 0.239 e. The molecule has 0 spiro atoms. The summed E-state index contributed by atoms with van der Waals surface area (Å²) in [5.74, 6) is -0.179. The van der Waals surface area contributed by atoms with Crippen LogP contribution in [0.15, 0.2) is 53.2 Å². The lowest BCUT2D eigenvalue weighted by molar-refractivity contribution is -0.114. The fourth-order valence-corrected chi connectivity index (χ4v) is 2.92. The van der Waals surface area contributed by atoms with Crippen LogP contribution < -0.4 is 16.8 Å². The third-order valence-electron chi connectivity index (χ3n) is 4.33. The second-order valence-electron chi connectivity index (χ2n) is 6.27. The number of halogens is 1. The zero-order valence-corrected chi connectivity index (χ0v) is 16.4. The van der Waals surface area contributed by atoms with Crippen molar-refractivity contribution in [1.29, 1.82) is 0 Å². The predicted octanol–water partition coefficient (Wildman–Crippen LogP) is 1.87. The summed E-state index contributed by atoms with van der Waals surface area (Å²) in [5, 5.41) is 10.1. The van der Waals surface area contributed by atoms with Gasteiger partial charge in [-0.2, -0.15) is 0 Å². The number of anilines is 2. The van der Waals surface area contributed by atoms with E-state index in [9.17, 15) is 9.59 Å². The highest BCUT2D eigenvalue weighted by Crippen LogP contribution is 2.28. The normalized spacial score (nSPS) is 10.6. The highest BCUT2D eigenvalue weighted by Gasteiger charge is 2.23. The molecule has 10 nitrogen and oxygen atoms in total. The van der Waals surface area contributed by atoms with Gasteiger partial charge in [-0.3, -0.25) is 9.59 Å². The van der Waals surface area contributed by atoms with Crippen molar-refractivity contribution in [3.63, 3.8) is 0 Å². The van der Waals surface area contributed by atoms with Crippen LogP contribution in [0.25, 0.3) is 22.6 Å². The molecule has 4 rings (SSSR count). The number of imidazole rings is 1. The van der Waals surface area contributed by atoms with Crippen LogP contribution in [0, 0.1) is 0 Å². The van der Waals surface area contributed by atoms with Gasteiger partial charge in [0.05, 0.1) is 24.1 Å². The summed E-state index contributed by atoms with van der Waals surface area (Å²) < 4.78 is 6.49. The Labute approximate surface area is 176 Å². The third-order valence-corrected chi connectivity index (χ3v) is 4.33. The number of nitrogen functional groups attached to an aromatic ring is 1. The Kier molecular flexibility index (Phi) is 6.09. The molecule has 0 aliphatic heterocycles. The molecule has 2 heterocycles. The number of hydrogen-bond acceptors (Lipinski definition) is 8. The van der Waals surface area contributed by atoms with Crippen molar-refractivity contribution < 1.29 is 14.2 Å². The molecule has 0 unspecified atom stereocenters. The van der Waals surface area contributed by atoms with Gasteiger partial charge >= 0.3 is 0 Å². The van der Waals surface area contributed by atoms with Gasteiger partial charge in [-0.25, -0.2) is 9.61 Å². The van der Waals surface area contributed by atoms with Gasteiger partial charge in [-0.15, -0.1) is 12.4 Å². The van der Waals surface area contributed by atoms with Crippen LogP contribution in [0.4, 0.5) is 11.5 Å². The van der Waals surface area contributed by atoms with Gasteiger partial charge in [0.25, 0.3) is 0 Å². The molecule has 1 amide bonds. The van der Waals surface area contributed by atoms with Crippen molar-refractivity contribution in [3.8, 4) is 11.5 Å². The van der Waals surface area contributed by atoms with E-state index < -0.39 is 5.91 Å². The molecule has 0 bridgehead atoms. The number of hydrogen-bond donors (Lipinski definition) is 3. The van der Waals surface area contributed by atoms with Crippen molar-refractivity contribution in [2.45, 2.75) is 6.54 Å². The average Bonchev–Trinajstić information content (AvgIpc) is 3.32. The van der Waals surface area contributed by atoms with Crippen molar-refractivity contribution in [1.82, 2.24) is 19.9 Å². The molecule has 0 fully saturated rings.